The van der Waals surface area contributed by atoms with Gasteiger partial charge in [-0.3, -0.25) is 4.57 Å². The summed E-state index contributed by atoms with van der Waals surface area (Å²) in [5.74, 6) is 0.381. The second-order valence-electron chi connectivity index (χ2n) is 9.47. The number of nitriles is 1. The molecule has 1 saturated carbocycles. The Morgan fingerprint density at radius 2 is 1.87 bits per heavy atom. The molecular formula is C31H31N3O4. The smallest absolute Gasteiger partial charge is 0.340 e. The van der Waals surface area contributed by atoms with Crippen molar-refractivity contribution in [1.82, 2.24) is 9.55 Å². The maximum absolute atomic E-state index is 12.5. The zero-order valence-corrected chi connectivity index (χ0v) is 21.8. The van der Waals surface area contributed by atoms with E-state index >= 15 is 0 Å². The Morgan fingerprint density at radius 1 is 1.08 bits per heavy atom. The Labute approximate surface area is 222 Å². The summed E-state index contributed by atoms with van der Waals surface area (Å²) in [5.41, 5.74) is 5.18. The zero-order valence-electron chi connectivity index (χ0n) is 21.8. The largest absolute Gasteiger partial charge is 0.490 e. The van der Waals surface area contributed by atoms with Gasteiger partial charge in [-0.1, -0.05) is 36.8 Å². The van der Waals surface area contributed by atoms with Crippen molar-refractivity contribution in [2.24, 2.45) is 0 Å². The molecule has 0 saturated heterocycles. The number of rotatable bonds is 8. The van der Waals surface area contributed by atoms with Gasteiger partial charge < -0.3 is 14.2 Å². The first-order chi connectivity index (χ1) is 18.6. The normalized spacial score (nSPS) is 13.7. The van der Waals surface area contributed by atoms with Crippen LogP contribution >= 0.6 is 0 Å². The molecule has 0 N–H and O–H groups in total. The van der Waals surface area contributed by atoms with Gasteiger partial charge in [-0.2, -0.15) is 10.2 Å². The van der Waals surface area contributed by atoms with Crippen LogP contribution in [0.3, 0.4) is 0 Å². The van der Waals surface area contributed by atoms with Gasteiger partial charge in [-0.05, 0) is 74.1 Å². The van der Waals surface area contributed by atoms with Gasteiger partial charge >= 0.3 is 5.97 Å². The highest BCUT2D eigenvalue weighted by Crippen LogP contribution is 2.32. The molecule has 0 aliphatic heterocycles. The predicted molar refractivity (Wildman–Crippen MR) is 145 cm³/mol. The highest BCUT2D eigenvalue weighted by Gasteiger charge is 2.20. The minimum absolute atomic E-state index is 0.242. The van der Waals surface area contributed by atoms with Crippen molar-refractivity contribution in [3.8, 4) is 29.0 Å². The van der Waals surface area contributed by atoms with Crippen LogP contribution in [0.25, 0.3) is 22.2 Å². The number of fused-ring (bicyclic) bond motifs is 1. The van der Waals surface area contributed by atoms with Gasteiger partial charge in [0.15, 0.2) is 0 Å². The molecule has 1 aliphatic rings. The van der Waals surface area contributed by atoms with Crippen LogP contribution in [0.1, 0.15) is 60.5 Å². The first-order valence-electron chi connectivity index (χ1n) is 13.1. The third-order valence-electron chi connectivity index (χ3n) is 6.98. The Hall–Kier alpha value is -4.31. The number of carbonyl (C=O) groups is 1. The summed E-state index contributed by atoms with van der Waals surface area (Å²) in [7, 11) is 1.37. The lowest BCUT2D eigenvalue weighted by Gasteiger charge is -2.23. The lowest BCUT2D eigenvalue weighted by Crippen LogP contribution is -2.19. The monoisotopic (exact) mass is 509 g/mol. The van der Waals surface area contributed by atoms with E-state index in [1.54, 1.807) is 12.1 Å². The van der Waals surface area contributed by atoms with Gasteiger partial charge in [0.1, 0.15) is 5.75 Å². The summed E-state index contributed by atoms with van der Waals surface area (Å²) in [6, 6.07) is 21.9. The molecule has 0 atom stereocenters. The fourth-order valence-corrected chi connectivity index (χ4v) is 5.11. The molecule has 0 radical (unpaired) electrons. The number of esters is 1. The second-order valence-corrected chi connectivity index (χ2v) is 9.47. The molecule has 1 heterocycles. The molecule has 1 aliphatic carbocycles. The standard InChI is InChI=1S/C31H31N3O4/c1-3-37-31-33-28-11-7-10-26(30(35)36-2)29(28)34(31)20-21-12-14-22(15-13-21)27-18-25(17-16-23(27)19-32)38-24-8-5-4-6-9-24/h7,10-18,24H,3-6,8-9,20H2,1-2H3. The molecule has 0 amide bonds. The zero-order chi connectivity index (χ0) is 26.5. The van der Waals surface area contributed by atoms with Gasteiger partial charge in [0.05, 0.1) is 54.6 Å². The molecule has 38 heavy (non-hydrogen) atoms. The van der Waals surface area contributed by atoms with Gasteiger partial charge in [-0.25, -0.2) is 4.79 Å². The van der Waals surface area contributed by atoms with Gasteiger partial charge in [0.2, 0.25) is 0 Å². The van der Waals surface area contributed by atoms with Gasteiger partial charge in [0, 0.05) is 5.56 Å². The third kappa shape index (κ3) is 5.21. The fraction of sp³-hybridized carbons (Fsp3) is 0.323. The van der Waals surface area contributed by atoms with Gasteiger partial charge in [0.25, 0.3) is 6.01 Å². The molecule has 1 fully saturated rings. The van der Waals surface area contributed by atoms with Crippen molar-refractivity contribution < 1.29 is 19.0 Å². The van der Waals surface area contributed by atoms with Crippen LogP contribution in [0.4, 0.5) is 0 Å². The predicted octanol–water partition coefficient (Wildman–Crippen LogP) is 6.52. The molecule has 7 nitrogen and oxygen atoms in total. The summed E-state index contributed by atoms with van der Waals surface area (Å²) < 4.78 is 19.0. The van der Waals surface area contributed by atoms with E-state index in [-0.39, 0.29) is 6.10 Å². The summed E-state index contributed by atoms with van der Waals surface area (Å²) in [4.78, 5) is 17.1. The van der Waals surface area contributed by atoms with Crippen LogP contribution in [-0.4, -0.2) is 35.3 Å². The number of ether oxygens (including phenoxy) is 3. The van der Waals surface area contributed by atoms with Crippen LogP contribution in [0, 0.1) is 11.3 Å². The van der Waals surface area contributed by atoms with Crippen LogP contribution in [-0.2, 0) is 11.3 Å². The van der Waals surface area contributed by atoms with Crippen LogP contribution < -0.4 is 9.47 Å². The number of benzene rings is 3. The summed E-state index contributed by atoms with van der Waals surface area (Å²) in [5, 5.41) is 9.74. The molecular weight excluding hydrogens is 478 g/mol. The summed E-state index contributed by atoms with van der Waals surface area (Å²) >= 11 is 0. The minimum Gasteiger partial charge on any atom is -0.490 e. The van der Waals surface area contributed by atoms with Crippen molar-refractivity contribution in [1.29, 1.82) is 5.26 Å². The molecule has 0 bridgehead atoms. The molecule has 1 aromatic heterocycles. The highest BCUT2D eigenvalue weighted by atomic mass is 16.5. The van der Waals surface area contributed by atoms with Crippen molar-refractivity contribution >= 4 is 17.0 Å². The lowest BCUT2D eigenvalue weighted by molar-refractivity contribution is 0.0602. The highest BCUT2D eigenvalue weighted by molar-refractivity contribution is 6.02. The fourth-order valence-electron chi connectivity index (χ4n) is 5.11. The maximum Gasteiger partial charge on any atom is 0.340 e. The number of aromatic nitrogens is 2. The lowest BCUT2D eigenvalue weighted by atomic mass is 9.97. The molecule has 0 unspecified atom stereocenters. The maximum atomic E-state index is 12.5. The number of hydrogen-bond acceptors (Lipinski definition) is 6. The van der Waals surface area contributed by atoms with E-state index in [1.807, 2.05) is 60.0 Å². The van der Waals surface area contributed by atoms with Crippen LogP contribution in [0.2, 0.25) is 0 Å². The summed E-state index contributed by atoms with van der Waals surface area (Å²) in [6.07, 6.45) is 6.08. The average Bonchev–Trinajstić information content (AvgIpc) is 3.30. The Bertz CT molecular complexity index is 1480. The van der Waals surface area contributed by atoms with E-state index in [0.717, 1.165) is 35.3 Å². The molecule has 5 rings (SSSR count). The van der Waals surface area contributed by atoms with Crippen molar-refractivity contribution in [2.75, 3.05) is 13.7 Å². The van der Waals surface area contributed by atoms with E-state index < -0.39 is 5.97 Å². The van der Waals surface area contributed by atoms with E-state index in [1.165, 1.54) is 26.4 Å². The minimum atomic E-state index is -0.422. The van der Waals surface area contributed by atoms with Gasteiger partial charge in [-0.15, -0.1) is 0 Å². The number of carbonyl (C=O) groups excluding carboxylic acids is 1. The SMILES string of the molecule is CCOc1nc2cccc(C(=O)OC)c2n1Cc1ccc(-c2cc(OC3CCCCC3)ccc2C#N)cc1. The molecule has 194 valence electrons. The first-order valence-corrected chi connectivity index (χ1v) is 13.1. The average molecular weight is 510 g/mol. The van der Waals surface area contributed by atoms with Crippen molar-refractivity contribution in [2.45, 2.75) is 51.7 Å². The molecule has 4 aromatic rings. The first kappa shape index (κ1) is 25.3. The van der Waals surface area contributed by atoms with E-state index in [0.29, 0.717) is 41.3 Å². The quantitative estimate of drug-likeness (QED) is 0.251. The Morgan fingerprint density at radius 3 is 2.58 bits per heavy atom. The molecule has 3 aromatic carbocycles. The Kier molecular flexibility index (Phi) is 7.60. The number of nitrogens with zero attached hydrogens (tertiary/aromatic N) is 3. The second kappa shape index (κ2) is 11.4. The molecule has 7 heteroatoms. The molecule has 0 spiro atoms. The van der Waals surface area contributed by atoms with E-state index in [9.17, 15) is 10.1 Å². The van der Waals surface area contributed by atoms with E-state index in [4.69, 9.17) is 14.2 Å². The number of para-hydroxylation sites is 1. The Balaban J connectivity index is 1.45. The number of hydrogen-bond donors (Lipinski definition) is 0. The third-order valence-corrected chi connectivity index (χ3v) is 6.98. The summed E-state index contributed by atoms with van der Waals surface area (Å²) in [6.45, 7) is 2.81. The van der Waals surface area contributed by atoms with Crippen molar-refractivity contribution in [3.63, 3.8) is 0 Å². The van der Waals surface area contributed by atoms with Crippen molar-refractivity contribution in [3.05, 3.63) is 77.4 Å². The number of methoxy groups -OCH3 is 1. The van der Waals surface area contributed by atoms with Crippen LogP contribution in [0.15, 0.2) is 60.7 Å². The van der Waals surface area contributed by atoms with Crippen LogP contribution in [0.5, 0.6) is 11.8 Å². The number of imidazole rings is 1. The van der Waals surface area contributed by atoms with E-state index in [2.05, 4.69) is 11.1 Å². The topological polar surface area (TPSA) is 86.4 Å².